The van der Waals surface area contributed by atoms with Gasteiger partial charge in [0.1, 0.15) is 5.78 Å². The lowest BCUT2D eigenvalue weighted by molar-refractivity contribution is -0.128. The Morgan fingerprint density at radius 3 is 2.56 bits per heavy atom. The summed E-state index contributed by atoms with van der Waals surface area (Å²) in [7, 11) is 0. The highest BCUT2D eigenvalue weighted by molar-refractivity contribution is 5.90. The number of rotatable bonds is 5. The van der Waals surface area contributed by atoms with E-state index in [-0.39, 0.29) is 5.41 Å². The number of carbonyl (C=O) groups is 1. The smallest absolute Gasteiger partial charge is 0.143 e. The lowest BCUT2D eigenvalue weighted by Gasteiger charge is -2.36. The third kappa shape index (κ3) is 2.54. The molecular weight excluding hydrogens is 224 g/mol. The van der Waals surface area contributed by atoms with E-state index in [1.807, 2.05) is 24.3 Å². The molecule has 0 radical (unpaired) electrons. The molecule has 2 heteroatoms. The zero-order chi connectivity index (χ0) is 12.8. The predicted molar refractivity (Wildman–Crippen MR) is 72.6 cm³/mol. The van der Waals surface area contributed by atoms with Crippen molar-refractivity contribution in [3.8, 4) is 0 Å². The fraction of sp³-hybridized carbons (Fsp3) is 0.438. The first-order valence-electron chi connectivity index (χ1n) is 6.57. The molecular formula is C16H20O2. The standard InChI is InChI=1S/C16H20O2/c1-2-3-9-15(17)16(10-12-18-13-11-16)14-7-5-4-6-8-14/h2,4-8H,1,3,9-13H2. The highest BCUT2D eigenvalue weighted by Gasteiger charge is 2.40. The molecule has 1 aliphatic heterocycles. The van der Waals surface area contributed by atoms with Gasteiger partial charge in [-0.3, -0.25) is 4.79 Å². The monoisotopic (exact) mass is 244 g/mol. The lowest BCUT2D eigenvalue weighted by atomic mass is 9.70. The molecule has 18 heavy (non-hydrogen) atoms. The molecule has 1 aromatic carbocycles. The molecule has 1 heterocycles. The number of ketones is 1. The molecule has 0 spiro atoms. The number of carbonyl (C=O) groups excluding carboxylic acids is 1. The molecule has 0 saturated carbocycles. The zero-order valence-electron chi connectivity index (χ0n) is 10.7. The molecule has 1 fully saturated rings. The highest BCUT2D eigenvalue weighted by atomic mass is 16.5. The Labute approximate surface area is 109 Å². The second kappa shape index (κ2) is 5.96. The molecule has 1 saturated heterocycles. The van der Waals surface area contributed by atoms with Crippen LogP contribution in [0.4, 0.5) is 0 Å². The van der Waals surface area contributed by atoms with Gasteiger partial charge in [0.05, 0.1) is 5.41 Å². The van der Waals surface area contributed by atoms with Gasteiger partial charge in [-0.2, -0.15) is 0 Å². The highest BCUT2D eigenvalue weighted by Crippen LogP contribution is 2.36. The molecule has 0 amide bonds. The summed E-state index contributed by atoms with van der Waals surface area (Å²) in [6, 6.07) is 10.1. The van der Waals surface area contributed by atoms with Crippen molar-refractivity contribution in [2.75, 3.05) is 13.2 Å². The van der Waals surface area contributed by atoms with Gasteiger partial charge in [0.15, 0.2) is 0 Å². The molecule has 2 nitrogen and oxygen atoms in total. The summed E-state index contributed by atoms with van der Waals surface area (Å²) in [5.74, 6) is 0.330. The Morgan fingerprint density at radius 2 is 1.94 bits per heavy atom. The van der Waals surface area contributed by atoms with Gasteiger partial charge in [0, 0.05) is 19.6 Å². The molecule has 0 aromatic heterocycles. The van der Waals surface area contributed by atoms with E-state index >= 15 is 0 Å². The van der Waals surface area contributed by atoms with Gasteiger partial charge in [-0.15, -0.1) is 6.58 Å². The first-order valence-corrected chi connectivity index (χ1v) is 6.57. The minimum Gasteiger partial charge on any atom is -0.381 e. The van der Waals surface area contributed by atoms with Crippen LogP contribution in [0.3, 0.4) is 0 Å². The van der Waals surface area contributed by atoms with Crippen molar-refractivity contribution >= 4 is 5.78 Å². The fourth-order valence-electron chi connectivity index (χ4n) is 2.68. The summed E-state index contributed by atoms with van der Waals surface area (Å²) in [6.07, 6.45) is 4.75. The van der Waals surface area contributed by atoms with Crippen molar-refractivity contribution in [3.63, 3.8) is 0 Å². The quantitative estimate of drug-likeness (QED) is 0.743. The Balaban J connectivity index is 2.28. The Kier molecular flexibility index (Phi) is 4.32. The van der Waals surface area contributed by atoms with Gasteiger partial charge < -0.3 is 4.74 Å². The average molecular weight is 244 g/mol. The van der Waals surface area contributed by atoms with Crippen molar-refractivity contribution in [3.05, 3.63) is 48.6 Å². The maximum absolute atomic E-state index is 12.6. The minimum absolute atomic E-state index is 0.330. The number of Topliss-reactive ketones (excluding diaryl/α,β-unsaturated/α-hetero) is 1. The maximum atomic E-state index is 12.6. The van der Waals surface area contributed by atoms with E-state index in [4.69, 9.17) is 4.74 Å². The van der Waals surface area contributed by atoms with E-state index in [9.17, 15) is 4.79 Å². The number of ether oxygens (including phenoxy) is 1. The lowest BCUT2D eigenvalue weighted by Crippen LogP contribution is -2.41. The summed E-state index contributed by atoms with van der Waals surface area (Å²) in [5.41, 5.74) is 0.810. The Bertz CT molecular complexity index is 402. The summed E-state index contributed by atoms with van der Waals surface area (Å²) >= 11 is 0. The molecule has 0 unspecified atom stereocenters. The van der Waals surface area contributed by atoms with Crippen molar-refractivity contribution in [1.82, 2.24) is 0 Å². The SMILES string of the molecule is C=CCCC(=O)C1(c2ccccc2)CCOCC1. The first-order chi connectivity index (χ1) is 8.79. The summed E-state index contributed by atoms with van der Waals surface area (Å²) < 4.78 is 5.43. The van der Waals surface area contributed by atoms with Crippen LogP contribution < -0.4 is 0 Å². The van der Waals surface area contributed by atoms with Crippen LogP contribution in [-0.2, 0) is 14.9 Å². The summed E-state index contributed by atoms with van der Waals surface area (Å²) in [6.45, 7) is 5.05. The van der Waals surface area contributed by atoms with E-state index in [1.54, 1.807) is 0 Å². The summed E-state index contributed by atoms with van der Waals surface area (Å²) in [4.78, 5) is 12.6. The Morgan fingerprint density at radius 1 is 1.28 bits per heavy atom. The number of hydrogen-bond acceptors (Lipinski definition) is 2. The molecule has 1 aliphatic rings. The normalized spacial score (nSPS) is 18.2. The second-order valence-electron chi connectivity index (χ2n) is 4.81. The molecule has 2 rings (SSSR count). The fourth-order valence-corrected chi connectivity index (χ4v) is 2.68. The van der Waals surface area contributed by atoms with Crippen molar-refractivity contribution in [2.24, 2.45) is 0 Å². The Hall–Kier alpha value is -1.41. The molecule has 96 valence electrons. The molecule has 0 bridgehead atoms. The maximum Gasteiger partial charge on any atom is 0.143 e. The molecule has 0 aliphatic carbocycles. The third-order valence-electron chi connectivity index (χ3n) is 3.78. The molecule has 0 N–H and O–H groups in total. The third-order valence-corrected chi connectivity index (χ3v) is 3.78. The van der Waals surface area contributed by atoms with Crippen molar-refractivity contribution in [1.29, 1.82) is 0 Å². The molecule has 1 aromatic rings. The van der Waals surface area contributed by atoms with Gasteiger partial charge >= 0.3 is 0 Å². The van der Waals surface area contributed by atoms with E-state index < -0.39 is 0 Å². The number of allylic oxidation sites excluding steroid dienone is 1. The average Bonchev–Trinajstić information content (AvgIpc) is 2.46. The van der Waals surface area contributed by atoms with Gasteiger partial charge in [-0.1, -0.05) is 36.4 Å². The number of benzene rings is 1. The van der Waals surface area contributed by atoms with Crippen LogP contribution in [0.25, 0.3) is 0 Å². The van der Waals surface area contributed by atoms with Gasteiger partial charge in [0.25, 0.3) is 0 Å². The zero-order valence-corrected chi connectivity index (χ0v) is 10.7. The second-order valence-corrected chi connectivity index (χ2v) is 4.81. The number of hydrogen-bond donors (Lipinski definition) is 0. The van der Waals surface area contributed by atoms with Crippen LogP contribution >= 0.6 is 0 Å². The van der Waals surface area contributed by atoms with Crippen LogP contribution in [0.2, 0.25) is 0 Å². The summed E-state index contributed by atoms with van der Waals surface area (Å²) in [5, 5.41) is 0. The van der Waals surface area contributed by atoms with Gasteiger partial charge in [-0.25, -0.2) is 0 Å². The van der Waals surface area contributed by atoms with Gasteiger partial charge in [-0.05, 0) is 24.8 Å². The van der Waals surface area contributed by atoms with Crippen LogP contribution in [0.5, 0.6) is 0 Å². The van der Waals surface area contributed by atoms with Gasteiger partial charge in [0.2, 0.25) is 0 Å². The minimum atomic E-state index is -0.331. The van der Waals surface area contributed by atoms with Crippen LogP contribution in [0.1, 0.15) is 31.2 Å². The van der Waals surface area contributed by atoms with Crippen LogP contribution in [0.15, 0.2) is 43.0 Å². The van der Waals surface area contributed by atoms with Crippen molar-refractivity contribution in [2.45, 2.75) is 31.1 Å². The largest absolute Gasteiger partial charge is 0.381 e. The predicted octanol–water partition coefficient (Wildman–Crippen LogP) is 3.27. The first kappa shape index (κ1) is 13.0. The van der Waals surface area contributed by atoms with E-state index in [0.29, 0.717) is 25.4 Å². The van der Waals surface area contributed by atoms with Crippen molar-refractivity contribution < 1.29 is 9.53 Å². The van der Waals surface area contributed by atoms with E-state index in [2.05, 4.69) is 18.7 Å². The van der Waals surface area contributed by atoms with Crippen LogP contribution in [0, 0.1) is 0 Å². The van der Waals surface area contributed by atoms with E-state index in [0.717, 1.165) is 24.8 Å². The van der Waals surface area contributed by atoms with Crippen LogP contribution in [-0.4, -0.2) is 19.0 Å². The molecule has 0 atom stereocenters. The van der Waals surface area contributed by atoms with E-state index in [1.165, 1.54) is 0 Å². The topological polar surface area (TPSA) is 26.3 Å².